The third-order valence-corrected chi connectivity index (χ3v) is 7.76. The second-order valence-corrected chi connectivity index (χ2v) is 11.3. The van der Waals surface area contributed by atoms with E-state index < -0.39 is 0 Å². The first-order chi connectivity index (χ1) is 17.9. The molecule has 0 saturated heterocycles. The minimum absolute atomic E-state index is 0.337. The van der Waals surface area contributed by atoms with Gasteiger partial charge in [0.2, 0.25) is 0 Å². The van der Waals surface area contributed by atoms with Gasteiger partial charge in [0.15, 0.2) is 0 Å². The smallest absolute Gasteiger partial charge is 0.0558 e. The van der Waals surface area contributed by atoms with Crippen LogP contribution in [0.4, 0.5) is 0 Å². The van der Waals surface area contributed by atoms with Crippen molar-refractivity contribution in [1.29, 1.82) is 0 Å². The Morgan fingerprint density at radius 3 is 2.14 bits per heavy atom. The van der Waals surface area contributed by atoms with E-state index in [4.69, 9.17) is 0 Å². The predicted octanol–water partition coefficient (Wildman–Crippen LogP) is 9.44. The predicted molar refractivity (Wildman–Crippen MR) is 160 cm³/mol. The molecule has 0 bridgehead atoms. The molecule has 0 heterocycles. The molecule has 0 aromatic heterocycles. The van der Waals surface area contributed by atoms with Crippen LogP contribution < -0.4 is 0 Å². The van der Waals surface area contributed by atoms with Gasteiger partial charge in [0.25, 0.3) is 0 Å². The van der Waals surface area contributed by atoms with Crippen LogP contribution in [-0.2, 0) is 0 Å². The number of nitrogens with zero attached hydrogens (tertiary/aromatic N) is 2. The lowest BCUT2D eigenvalue weighted by Crippen LogP contribution is -2.37. The highest BCUT2D eigenvalue weighted by Crippen LogP contribution is 2.35. The summed E-state index contributed by atoms with van der Waals surface area (Å²) in [6.45, 7) is 13.4. The molecule has 0 aromatic rings. The number of hydrogen-bond donors (Lipinski definition) is 0. The fourth-order valence-electron chi connectivity index (χ4n) is 5.47. The zero-order valence-corrected chi connectivity index (χ0v) is 23.9. The summed E-state index contributed by atoms with van der Waals surface area (Å²) in [4.78, 5) is 5.18. The van der Waals surface area contributed by atoms with Crippen LogP contribution in [0.3, 0.4) is 0 Å². The second kappa shape index (κ2) is 12.5. The van der Waals surface area contributed by atoms with Crippen molar-refractivity contribution in [1.82, 2.24) is 9.80 Å². The Kier molecular flexibility index (Phi) is 9.14. The van der Waals surface area contributed by atoms with Crippen LogP contribution in [0, 0.1) is 5.92 Å². The van der Waals surface area contributed by atoms with Gasteiger partial charge in [-0.05, 0) is 96.4 Å². The van der Waals surface area contributed by atoms with Crippen molar-refractivity contribution in [2.45, 2.75) is 92.2 Å². The molecule has 3 atom stereocenters. The highest BCUT2D eigenvalue weighted by molar-refractivity contribution is 5.38. The van der Waals surface area contributed by atoms with E-state index in [-0.39, 0.29) is 0 Å². The van der Waals surface area contributed by atoms with Crippen molar-refractivity contribution in [2.75, 3.05) is 0 Å². The molecule has 0 N–H and O–H groups in total. The first kappa shape index (κ1) is 27.0. The minimum atomic E-state index is 0.337. The van der Waals surface area contributed by atoms with Crippen molar-refractivity contribution >= 4 is 0 Å². The summed E-state index contributed by atoms with van der Waals surface area (Å²) in [6.07, 6.45) is 37.2. The van der Waals surface area contributed by atoms with E-state index in [0.717, 1.165) is 38.5 Å². The van der Waals surface area contributed by atoms with Gasteiger partial charge in [-0.25, -0.2) is 0 Å². The Bertz CT molecular complexity index is 1150. The highest BCUT2D eigenvalue weighted by Gasteiger charge is 2.27. The van der Waals surface area contributed by atoms with Gasteiger partial charge in [0, 0.05) is 22.8 Å². The Morgan fingerprint density at radius 2 is 1.57 bits per heavy atom. The lowest BCUT2D eigenvalue weighted by Gasteiger charge is -2.40. The van der Waals surface area contributed by atoms with Crippen molar-refractivity contribution < 1.29 is 0 Å². The van der Waals surface area contributed by atoms with Gasteiger partial charge in [0.1, 0.15) is 0 Å². The topological polar surface area (TPSA) is 6.48 Å². The molecular weight excluding hydrogens is 448 g/mol. The minimum Gasteiger partial charge on any atom is -0.338 e. The maximum absolute atomic E-state index is 2.60. The van der Waals surface area contributed by atoms with Gasteiger partial charge >= 0.3 is 0 Å². The molecule has 3 unspecified atom stereocenters. The van der Waals surface area contributed by atoms with Crippen LogP contribution in [0.5, 0.6) is 0 Å². The number of rotatable bonds is 8. The second-order valence-electron chi connectivity index (χ2n) is 11.3. The third-order valence-electron chi connectivity index (χ3n) is 7.76. The van der Waals surface area contributed by atoms with Gasteiger partial charge in [0.05, 0.1) is 12.1 Å². The first-order valence-electron chi connectivity index (χ1n) is 14.3. The average molecular weight is 495 g/mol. The summed E-state index contributed by atoms with van der Waals surface area (Å²) in [6, 6.07) is 0.687. The largest absolute Gasteiger partial charge is 0.338 e. The van der Waals surface area contributed by atoms with E-state index in [0.29, 0.717) is 18.0 Å². The molecule has 37 heavy (non-hydrogen) atoms. The van der Waals surface area contributed by atoms with Gasteiger partial charge in [-0.2, -0.15) is 0 Å². The Labute approximate surface area is 226 Å². The van der Waals surface area contributed by atoms with Crippen LogP contribution >= 0.6 is 0 Å². The fraction of sp³-hybridized carbons (Fsp3) is 0.429. The molecule has 4 rings (SSSR count). The summed E-state index contributed by atoms with van der Waals surface area (Å²) in [5, 5.41) is 0. The molecular formula is C35H46N2. The normalized spacial score (nSPS) is 25.5. The Balaban J connectivity index is 1.63. The molecule has 0 aromatic carbocycles. The highest BCUT2D eigenvalue weighted by atomic mass is 15.2. The van der Waals surface area contributed by atoms with Crippen molar-refractivity contribution in [3.63, 3.8) is 0 Å². The van der Waals surface area contributed by atoms with Crippen molar-refractivity contribution in [3.05, 3.63) is 118 Å². The van der Waals surface area contributed by atoms with E-state index in [1.54, 1.807) is 0 Å². The summed E-state index contributed by atoms with van der Waals surface area (Å²) >= 11 is 0. The molecule has 2 nitrogen and oxygen atoms in total. The summed E-state index contributed by atoms with van der Waals surface area (Å²) in [7, 11) is 0. The molecule has 0 aliphatic heterocycles. The first-order valence-corrected chi connectivity index (χ1v) is 14.3. The zero-order valence-electron chi connectivity index (χ0n) is 23.9. The molecule has 0 radical (unpaired) electrons. The van der Waals surface area contributed by atoms with Gasteiger partial charge in [-0.1, -0.05) is 85.3 Å². The van der Waals surface area contributed by atoms with Crippen LogP contribution in [-0.4, -0.2) is 21.9 Å². The van der Waals surface area contributed by atoms with Crippen LogP contribution in [0.2, 0.25) is 0 Å². The lowest BCUT2D eigenvalue weighted by atomic mass is 9.94. The average Bonchev–Trinajstić information content (AvgIpc) is 2.90. The van der Waals surface area contributed by atoms with E-state index in [2.05, 4.69) is 130 Å². The standard InChI is InChI=1S/C35H46N2/c1-7-30(15-8-26(2)3)36(31-16-9-27(4)10-17-31)34-22-24-35(25-23-34)37(32-18-11-28(5)12-19-32)33-20-13-29(6)14-21-33/h8-11,13,15-16,18-20,22-24,28,31,35H,7,12,14,17,21,25H2,1-6H3/b30-15+. The quantitative estimate of drug-likeness (QED) is 0.310. The summed E-state index contributed by atoms with van der Waals surface area (Å²) in [5.74, 6) is 0.622. The molecule has 0 saturated carbocycles. The molecule has 0 fully saturated rings. The van der Waals surface area contributed by atoms with Gasteiger partial charge < -0.3 is 9.80 Å². The molecule has 0 spiro atoms. The fourth-order valence-corrected chi connectivity index (χ4v) is 5.47. The molecule has 4 aliphatic rings. The van der Waals surface area contributed by atoms with Crippen molar-refractivity contribution in [3.8, 4) is 0 Å². The summed E-state index contributed by atoms with van der Waals surface area (Å²) < 4.78 is 0. The van der Waals surface area contributed by atoms with E-state index in [1.165, 1.54) is 39.5 Å². The van der Waals surface area contributed by atoms with Crippen LogP contribution in [0.25, 0.3) is 0 Å². The van der Waals surface area contributed by atoms with E-state index in [9.17, 15) is 0 Å². The van der Waals surface area contributed by atoms with Gasteiger partial charge in [-0.15, -0.1) is 0 Å². The monoisotopic (exact) mass is 494 g/mol. The Morgan fingerprint density at radius 1 is 0.838 bits per heavy atom. The van der Waals surface area contributed by atoms with Crippen molar-refractivity contribution in [2.24, 2.45) is 5.92 Å². The molecule has 0 amide bonds. The third kappa shape index (κ3) is 6.86. The van der Waals surface area contributed by atoms with E-state index >= 15 is 0 Å². The molecule has 196 valence electrons. The van der Waals surface area contributed by atoms with E-state index in [1.807, 2.05) is 0 Å². The lowest BCUT2D eigenvalue weighted by molar-refractivity contribution is 0.333. The van der Waals surface area contributed by atoms with Gasteiger partial charge in [-0.3, -0.25) is 0 Å². The maximum Gasteiger partial charge on any atom is 0.0558 e. The van der Waals surface area contributed by atoms with Crippen LogP contribution in [0.15, 0.2) is 118 Å². The molecule has 2 heteroatoms. The molecule has 4 aliphatic carbocycles. The Hall–Kier alpha value is -3.00. The number of hydrogen-bond acceptors (Lipinski definition) is 2. The number of allylic oxidation sites excluding steroid dienone is 14. The van der Waals surface area contributed by atoms with Crippen LogP contribution in [0.1, 0.15) is 80.1 Å². The zero-order chi connectivity index (χ0) is 26.4. The SMILES string of the molecule is CC/C(=C\C=C(C)C)N(C1=CCC(N(C2=CCC(C)C=C2)C2=CC=C(C)CC2)C=C1)C1C=CC(C)=CC1. The maximum atomic E-state index is 2.60. The summed E-state index contributed by atoms with van der Waals surface area (Å²) in [5.41, 5.74) is 9.66.